The van der Waals surface area contributed by atoms with Gasteiger partial charge >= 0.3 is 5.97 Å². The molecule has 0 aliphatic heterocycles. The Morgan fingerprint density at radius 2 is 2.11 bits per heavy atom. The van der Waals surface area contributed by atoms with Crippen molar-refractivity contribution in [3.63, 3.8) is 0 Å². The molecule has 19 heavy (non-hydrogen) atoms. The van der Waals surface area contributed by atoms with Crippen molar-refractivity contribution in [3.8, 4) is 5.75 Å². The maximum Gasteiger partial charge on any atom is 0.339 e. The first-order chi connectivity index (χ1) is 8.97. The molecule has 0 aliphatic rings. The van der Waals surface area contributed by atoms with Crippen LogP contribution >= 0.6 is 0 Å². The van der Waals surface area contributed by atoms with Crippen LogP contribution in [0.15, 0.2) is 22.7 Å². The van der Waals surface area contributed by atoms with Crippen LogP contribution in [0.4, 0.5) is 5.69 Å². The highest BCUT2D eigenvalue weighted by Gasteiger charge is 2.15. The third-order valence-corrected chi connectivity index (χ3v) is 2.22. The van der Waals surface area contributed by atoms with E-state index in [4.69, 9.17) is 5.11 Å². The number of aromatic carboxylic acids is 1. The van der Waals surface area contributed by atoms with E-state index < -0.39 is 11.9 Å². The van der Waals surface area contributed by atoms with E-state index >= 15 is 0 Å². The van der Waals surface area contributed by atoms with Crippen LogP contribution in [0.25, 0.3) is 0 Å². The Morgan fingerprint density at radius 1 is 1.37 bits per heavy atom. The number of carbonyl (C=O) groups excluding carboxylic acids is 1. The van der Waals surface area contributed by atoms with E-state index in [1.54, 1.807) is 0 Å². The van der Waals surface area contributed by atoms with Crippen LogP contribution in [-0.4, -0.2) is 32.2 Å². The smallest absolute Gasteiger partial charge is 0.339 e. The van der Waals surface area contributed by atoms with Crippen LogP contribution in [0.2, 0.25) is 0 Å². The van der Waals surface area contributed by atoms with Crippen LogP contribution in [0.5, 0.6) is 5.75 Å². The molecule has 98 valence electrons. The summed E-state index contributed by atoms with van der Waals surface area (Å²) in [4.78, 5) is 26.2. The zero-order valence-corrected chi connectivity index (χ0v) is 9.75. The number of anilines is 1. The predicted octanol–water partition coefficient (Wildman–Crippen LogP) is 1.03. The summed E-state index contributed by atoms with van der Waals surface area (Å²) >= 11 is 0. The van der Waals surface area contributed by atoms with Gasteiger partial charge in [-0.1, -0.05) is 5.16 Å². The zero-order chi connectivity index (χ0) is 14.0. The molecule has 3 N–H and O–H groups in total. The van der Waals surface area contributed by atoms with Crippen LogP contribution in [0.3, 0.4) is 0 Å². The van der Waals surface area contributed by atoms with E-state index in [1.165, 1.54) is 19.1 Å². The minimum Gasteiger partial charge on any atom is -0.507 e. The Labute approximate surface area is 106 Å². The second kappa shape index (κ2) is 4.77. The van der Waals surface area contributed by atoms with Crippen LogP contribution in [0, 0.1) is 6.92 Å². The van der Waals surface area contributed by atoms with Gasteiger partial charge in [0.1, 0.15) is 11.3 Å². The molecule has 0 fully saturated rings. The van der Waals surface area contributed by atoms with Gasteiger partial charge in [0.05, 0.1) is 0 Å². The summed E-state index contributed by atoms with van der Waals surface area (Å²) in [5.74, 6) is -2.26. The summed E-state index contributed by atoms with van der Waals surface area (Å²) < 4.78 is 4.65. The normalized spacial score (nSPS) is 10.2. The summed E-state index contributed by atoms with van der Waals surface area (Å²) in [6, 6.07) is 3.65. The summed E-state index contributed by atoms with van der Waals surface area (Å²) in [5.41, 5.74) is -0.121. The number of hydrogen-bond acceptors (Lipinski definition) is 6. The average molecular weight is 263 g/mol. The third kappa shape index (κ3) is 2.68. The van der Waals surface area contributed by atoms with Gasteiger partial charge < -0.3 is 20.1 Å². The van der Waals surface area contributed by atoms with E-state index in [0.29, 0.717) is 0 Å². The Morgan fingerprint density at radius 3 is 2.68 bits per heavy atom. The molecule has 0 aliphatic carbocycles. The summed E-state index contributed by atoms with van der Waals surface area (Å²) in [6.45, 7) is 1.53. The molecule has 0 unspecified atom stereocenters. The molecule has 0 saturated heterocycles. The molecule has 0 atom stereocenters. The molecule has 8 nitrogen and oxygen atoms in total. The van der Waals surface area contributed by atoms with E-state index in [-0.39, 0.29) is 28.7 Å². The Balaban J connectivity index is 2.22. The number of aromatic hydroxyl groups is 1. The number of benzene rings is 1. The van der Waals surface area contributed by atoms with Crippen molar-refractivity contribution in [2.75, 3.05) is 5.32 Å². The van der Waals surface area contributed by atoms with Crippen molar-refractivity contribution in [3.05, 3.63) is 35.5 Å². The zero-order valence-electron chi connectivity index (χ0n) is 9.75. The van der Waals surface area contributed by atoms with Gasteiger partial charge in [-0.05, 0) is 18.2 Å². The van der Waals surface area contributed by atoms with Gasteiger partial charge in [-0.25, -0.2) is 4.79 Å². The van der Waals surface area contributed by atoms with Crippen molar-refractivity contribution in [1.29, 1.82) is 0 Å². The average Bonchev–Trinajstić information content (AvgIpc) is 2.78. The fraction of sp³-hybridized carbons (Fsp3) is 0.0909. The highest BCUT2D eigenvalue weighted by atomic mass is 16.5. The second-order valence-corrected chi connectivity index (χ2v) is 3.63. The van der Waals surface area contributed by atoms with Crippen molar-refractivity contribution >= 4 is 17.6 Å². The van der Waals surface area contributed by atoms with Gasteiger partial charge in [-0.2, -0.15) is 4.98 Å². The number of amides is 1. The lowest BCUT2D eigenvalue weighted by Gasteiger charge is -2.05. The number of carboxylic acid groups (broad SMARTS) is 1. The SMILES string of the molecule is Cc1nc(C(=O)Nc2ccc(O)c(C(=O)O)c2)no1. The lowest BCUT2D eigenvalue weighted by Crippen LogP contribution is -2.14. The minimum atomic E-state index is -1.30. The second-order valence-electron chi connectivity index (χ2n) is 3.63. The Kier molecular flexibility index (Phi) is 3.15. The maximum atomic E-state index is 11.7. The number of carbonyl (C=O) groups is 2. The quantitative estimate of drug-likeness (QED) is 0.706. The Bertz CT molecular complexity index is 650. The van der Waals surface area contributed by atoms with Crippen molar-refractivity contribution < 1.29 is 24.3 Å². The first kappa shape index (κ1) is 12.6. The molecule has 1 heterocycles. The van der Waals surface area contributed by atoms with E-state index in [1.807, 2.05) is 0 Å². The first-order valence-corrected chi connectivity index (χ1v) is 5.15. The molecule has 2 rings (SSSR count). The van der Waals surface area contributed by atoms with Crippen molar-refractivity contribution in [2.45, 2.75) is 6.92 Å². The third-order valence-electron chi connectivity index (χ3n) is 2.22. The van der Waals surface area contributed by atoms with Gasteiger partial charge in [-0.3, -0.25) is 4.79 Å². The fourth-order valence-electron chi connectivity index (χ4n) is 1.36. The van der Waals surface area contributed by atoms with Crippen LogP contribution < -0.4 is 5.32 Å². The standard InChI is InChI=1S/C11H9N3O5/c1-5-12-9(14-19-5)10(16)13-6-2-3-8(15)7(4-6)11(17)18/h2-4,15H,1H3,(H,13,16)(H,17,18). The van der Waals surface area contributed by atoms with Crippen LogP contribution in [-0.2, 0) is 0 Å². The minimum absolute atomic E-state index is 0.164. The fourth-order valence-corrected chi connectivity index (χ4v) is 1.36. The maximum absolute atomic E-state index is 11.7. The molecule has 0 radical (unpaired) electrons. The van der Waals surface area contributed by atoms with Gasteiger partial charge in [0.15, 0.2) is 0 Å². The predicted molar refractivity (Wildman–Crippen MR) is 62.1 cm³/mol. The molecule has 1 aromatic heterocycles. The monoisotopic (exact) mass is 263 g/mol. The molecule has 0 spiro atoms. The number of aryl methyl sites for hydroxylation is 1. The van der Waals surface area contributed by atoms with Gasteiger partial charge in [0, 0.05) is 12.6 Å². The molecule has 1 amide bonds. The van der Waals surface area contributed by atoms with Crippen molar-refractivity contribution in [1.82, 2.24) is 10.1 Å². The molecule has 2 aromatic rings. The summed E-state index contributed by atoms with van der Waals surface area (Å²) in [6.07, 6.45) is 0. The molecule has 0 bridgehead atoms. The highest BCUT2D eigenvalue weighted by Crippen LogP contribution is 2.21. The van der Waals surface area contributed by atoms with E-state index in [2.05, 4.69) is 20.0 Å². The molecule has 0 saturated carbocycles. The van der Waals surface area contributed by atoms with E-state index in [0.717, 1.165) is 6.07 Å². The lowest BCUT2D eigenvalue weighted by atomic mass is 10.2. The highest BCUT2D eigenvalue weighted by molar-refractivity contribution is 6.02. The first-order valence-electron chi connectivity index (χ1n) is 5.15. The number of nitrogens with zero attached hydrogens (tertiary/aromatic N) is 2. The number of hydrogen-bond donors (Lipinski definition) is 3. The summed E-state index contributed by atoms with van der Waals surface area (Å²) in [7, 11) is 0. The van der Waals surface area contributed by atoms with E-state index in [9.17, 15) is 14.7 Å². The van der Waals surface area contributed by atoms with Crippen molar-refractivity contribution in [2.24, 2.45) is 0 Å². The lowest BCUT2D eigenvalue weighted by molar-refractivity contribution is 0.0693. The summed E-state index contributed by atoms with van der Waals surface area (Å²) in [5, 5.41) is 24.0. The molecule has 8 heteroatoms. The topological polar surface area (TPSA) is 126 Å². The van der Waals surface area contributed by atoms with Gasteiger partial charge in [0.25, 0.3) is 11.7 Å². The molecule has 1 aromatic carbocycles. The van der Waals surface area contributed by atoms with Gasteiger partial charge in [-0.15, -0.1) is 0 Å². The number of carboxylic acids is 1. The largest absolute Gasteiger partial charge is 0.507 e. The van der Waals surface area contributed by atoms with Gasteiger partial charge in [0.2, 0.25) is 5.89 Å². The number of phenols is 1. The molecular weight excluding hydrogens is 254 g/mol. The Hall–Kier alpha value is -2.90. The number of nitrogens with one attached hydrogen (secondary N) is 1. The van der Waals surface area contributed by atoms with Crippen LogP contribution in [0.1, 0.15) is 26.9 Å². The number of rotatable bonds is 3. The molecular formula is C11H9N3O5. The number of aromatic nitrogens is 2.